The summed E-state index contributed by atoms with van der Waals surface area (Å²) in [7, 11) is 0. The molecule has 0 N–H and O–H groups in total. The summed E-state index contributed by atoms with van der Waals surface area (Å²) in [6, 6.07) is 21.5. The number of rotatable bonds is 2. The van der Waals surface area contributed by atoms with Crippen LogP contribution in [0.25, 0.3) is 33.6 Å². The Hall–Kier alpha value is -2.65. The molecule has 0 fully saturated rings. The number of hydrogen-bond acceptors (Lipinski definition) is 3. The molecule has 106 valence electrons. The molecule has 0 aliphatic carbocycles. The van der Waals surface area contributed by atoms with E-state index in [1.807, 2.05) is 48.5 Å². The van der Waals surface area contributed by atoms with Crippen LogP contribution in [-0.2, 0) is 0 Å². The molecule has 1 heterocycles. The molecule has 0 amide bonds. The molecule has 0 bridgehead atoms. The van der Waals surface area contributed by atoms with Crippen LogP contribution in [0.15, 0.2) is 71.3 Å². The maximum absolute atomic E-state index is 5.90. The quantitative estimate of drug-likeness (QED) is 0.510. The van der Waals surface area contributed by atoms with E-state index < -0.39 is 0 Å². The molecule has 0 radical (unpaired) electrons. The number of fused-ring (bicyclic) bond motifs is 1. The Morgan fingerprint density at radius 3 is 2.45 bits per heavy atom. The fourth-order valence-electron chi connectivity index (χ4n) is 2.46. The third-order valence-electron chi connectivity index (χ3n) is 3.55. The Labute approximate surface area is 132 Å². The molecule has 0 atom stereocenters. The lowest BCUT2D eigenvalue weighted by Crippen LogP contribution is -1.82. The second-order valence-electron chi connectivity index (χ2n) is 4.96. The molecule has 0 spiro atoms. The Bertz CT molecular complexity index is 939. The fourth-order valence-corrected chi connectivity index (χ4v) is 2.59. The van der Waals surface area contributed by atoms with Gasteiger partial charge in [-0.05, 0) is 41.1 Å². The molecular formula is C18H11ClN2O. The number of hydrogen-bond donors (Lipinski definition) is 0. The van der Waals surface area contributed by atoms with Crippen LogP contribution in [0.5, 0.6) is 0 Å². The van der Waals surface area contributed by atoms with Gasteiger partial charge in [0, 0.05) is 16.1 Å². The summed E-state index contributed by atoms with van der Waals surface area (Å²) in [5.41, 5.74) is 1.81. The monoisotopic (exact) mass is 306 g/mol. The van der Waals surface area contributed by atoms with Gasteiger partial charge < -0.3 is 4.52 Å². The van der Waals surface area contributed by atoms with Gasteiger partial charge in [0.05, 0.1) is 0 Å². The Balaban J connectivity index is 1.82. The maximum Gasteiger partial charge on any atom is 0.258 e. The van der Waals surface area contributed by atoms with E-state index in [2.05, 4.69) is 28.3 Å². The third kappa shape index (κ3) is 2.26. The van der Waals surface area contributed by atoms with E-state index in [0.29, 0.717) is 16.7 Å². The summed E-state index contributed by atoms with van der Waals surface area (Å²) in [6.07, 6.45) is 0. The van der Waals surface area contributed by atoms with Gasteiger partial charge in [0.15, 0.2) is 0 Å². The molecule has 3 aromatic carbocycles. The SMILES string of the molecule is Clc1ccc(-c2noc(-c3cccc4ccccc34)n2)cc1. The topological polar surface area (TPSA) is 38.9 Å². The lowest BCUT2D eigenvalue weighted by molar-refractivity contribution is 0.432. The van der Waals surface area contributed by atoms with E-state index in [-0.39, 0.29) is 0 Å². The first-order chi connectivity index (χ1) is 10.8. The predicted octanol–water partition coefficient (Wildman–Crippen LogP) is 5.21. The Kier molecular flexibility index (Phi) is 3.13. The van der Waals surface area contributed by atoms with E-state index in [1.165, 1.54) is 0 Å². The number of nitrogens with zero attached hydrogens (tertiary/aromatic N) is 2. The van der Waals surface area contributed by atoms with E-state index >= 15 is 0 Å². The molecule has 4 rings (SSSR count). The van der Waals surface area contributed by atoms with Crippen molar-refractivity contribution in [2.24, 2.45) is 0 Å². The average molecular weight is 307 g/mol. The summed E-state index contributed by atoms with van der Waals surface area (Å²) >= 11 is 5.90. The highest BCUT2D eigenvalue weighted by Crippen LogP contribution is 2.29. The van der Waals surface area contributed by atoms with Crippen LogP contribution in [0.2, 0.25) is 5.02 Å². The molecule has 1 aromatic heterocycles. The summed E-state index contributed by atoms with van der Waals surface area (Å²) in [5, 5.41) is 6.99. The van der Waals surface area contributed by atoms with Gasteiger partial charge in [0.25, 0.3) is 5.89 Å². The van der Waals surface area contributed by atoms with Gasteiger partial charge in [0.1, 0.15) is 0 Å². The Morgan fingerprint density at radius 2 is 1.59 bits per heavy atom. The first-order valence-corrected chi connectivity index (χ1v) is 7.27. The summed E-state index contributed by atoms with van der Waals surface area (Å²) in [4.78, 5) is 4.51. The molecule has 4 aromatic rings. The highest BCUT2D eigenvalue weighted by molar-refractivity contribution is 6.30. The summed E-state index contributed by atoms with van der Waals surface area (Å²) in [6.45, 7) is 0. The first kappa shape index (κ1) is 13.0. The highest BCUT2D eigenvalue weighted by Gasteiger charge is 2.12. The average Bonchev–Trinajstić information content (AvgIpc) is 3.05. The number of halogens is 1. The molecule has 3 nitrogen and oxygen atoms in total. The van der Waals surface area contributed by atoms with Gasteiger partial charge in [-0.3, -0.25) is 0 Å². The predicted molar refractivity (Wildman–Crippen MR) is 87.7 cm³/mol. The molecular weight excluding hydrogens is 296 g/mol. The molecule has 0 saturated heterocycles. The van der Waals surface area contributed by atoms with Crippen molar-refractivity contribution in [3.8, 4) is 22.8 Å². The lowest BCUT2D eigenvalue weighted by atomic mass is 10.0. The van der Waals surface area contributed by atoms with E-state index in [9.17, 15) is 0 Å². The van der Waals surface area contributed by atoms with Crippen LogP contribution in [0.4, 0.5) is 0 Å². The van der Waals surface area contributed by atoms with Gasteiger partial charge in [-0.15, -0.1) is 0 Å². The van der Waals surface area contributed by atoms with Gasteiger partial charge in [-0.25, -0.2) is 0 Å². The van der Waals surface area contributed by atoms with Crippen LogP contribution < -0.4 is 0 Å². The van der Waals surface area contributed by atoms with Crippen molar-refractivity contribution in [1.82, 2.24) is 10.1 Å². The van der Waals surface area contributed by atoms with Crippen LogP contribution >= 0.6 is 11.6 Å². The molecule has 0 saturated carbocycles. The van der Waals surface area contributed by atoms with Crippen molar-refractivity contribution in [3.05, 3.63) is 71.8 Å². The number of aromatic nitrogens is 2. The van der Waals surface area contributed by atoms with Crippen molar-refractivity contribution in [2.45, 2.75) is 0 Å². The first-order valence-electron chi connectivity index (χ1n) is 6.89. The second-order valence-corrected chi connectivity index (χ2v) is 5.39. The van der Waals surface area contributed by atoms with Crippen LogP contribution in [0.3, 0.4) is 0 Å². The molecule has 4 heteroatoms. The second kappa shape index (κ2) is 5.28. The fraction of sp³-hybridized carbons (Fsp3) is 0. The van der Waals surface area contributed by atoms with Crippen molar-refractivity contribution < 1.29 is 4.52 Å². The van der Waals surface area contributed by atoms with Gasteiger partial charge in [-0.2, -0.15) is 4.98 Å². The minimum absolute atomic E-state index is 0.516. The zero-order chi connectivity index (χ0) is 14.9. The van der Waals surface area contributed by atoms with Gasteiger partial charge in [-0.1, -0.05) is 53.2 Å². The third-order valence-corrected chi connectivity index (χ3v) is 3.80. The zero-order valence-corrected chi connectivity index (χ0v) is 12.3. The van der Waals surface area contributed by atoms with Crippen molar-refractivity contribution in [2.75, 3.05) is 0 Å². The Morgan fingerprint density at radius 1 is 0.818 bits per heavy atom. The summed E-state index contributed by atoms with van der Waals surface area (Å²) in [5.74, 6) is 1.07. The zero-order valence-electron chi connectivity index (χ0n) is 11.5. The van der Waals surface area contributed by atoms with Crippen molar-refractivity contribution in [1.29, 1.82) is 0 Å². The number of benzene rings is 3. The molecule has 0 aliphatic heterocycles. The van der Waals surface area contributed by atoms with E-state index in [0.717, 1.165) is 21.9 Å². The maximum atomic E-state index is 5.90. The molecule has 22 heavy (non-hydrogen) atoms. The molecule has 0 aliphatic rings. The summed E-state index contributed by atoms with van der Waals surface area (Å²) < 4.78 is 5.45. The molecule has 0 unspecified atom stereocenters. The van der Waals surface area contributed by atoms with Crippen molar-refractivity contribution >= 4 is 22.4 Å². The normalized spacial score (nSPS) is 11.0. The lowest BCUT2D eigenvalue weighted by Gasteiger charge is -2.01. The van der Waals surface area contributed by atoms with E-state index in [4.69, 9.17) is 16.1 Å². The van der Waals surface area contributed by atoms with Crippen LogP contribution in [-0.4, -0.2) is 10.1 Å². The standard InChI is InChI=1S/C18H11ClN2O/c19-14-10-8-13(9-11-14)17-20-18(22-21-17)16-7-3-5-12-4-1-2-6-15(12)16/h1-11H. The minimum Gasteiger partial charge on any atom is -0.334 e. The minimum atomic E-state index is 0.516. The van der Waals surface area contributed by atoms with Gasteiger partial charge in [0.2, 0.25) is 5.82 Å². The largest absolute Gasteiger partial charge is 0.334 e. The van der Waals surface area contributed by atoms with Crippen LogP contribution in [0.1, 0.15) is 0 Å². The van der Waals surface area contributed by atoms with Crippen LogP contribution in [0, 0.1) is 0 Å². The van der Waals surface area contributed by atoms with E-state index in [1.54, 1.807) is 0 Å². The smallest absolute Gasteiger partial charge is 0.258 e. The highest BCUT2D eigenvalue weighted by atomic mass is 35.5. The van der Waals surface area contributed by atoms with Gasteiger partial charge >= 0.3 is 0 Å². The van der Waals surface area contributed by atoms with Crippen molar-refractivity contribution in [3.63, 3.8) is 0 Å².